The summed E-state index contributed by atoms with van der Waals surface area (Å²) in [6, 6.07) is -0.748. The monoisotopic (exact) mass is 282 g/mol. The number of nitrogens with one attached hydrogen (secondary N) is 1. The number of hydrogen-bond donors (Lipinski definition) is 1. The van der Waals surface area contributed by atoms with Gasteiger partial charge in [-0.25, -0.2) is 0 Å². The smallest absolute Gasteiger partial charge is 0.246 e. The minimum absolute atomic E-state index is 0.000440. The molecule has 1 aliphatic heterocycles. The molecule has 1 fully saturated rings. The molecular formula is C16H30N2O2. The first-order valence-electron chi connectivity index (χ1n) is 7.70. The maximum absolute atomic E-state index is 12.8. The second-order valence-corrected chi connectivity index (χ2v) is 7.52. The topological polar surface area (TPSA) is 49.4 Å². The Morgan fingerprint density at radius 2 is 1.75 bits per heavy atom. The van der Waals surface area contributed by atoms with Crippen molar-refractivity contribution in [3.63, 3.8) is 0 Å². The second kappa shape index (κ2) is 6.15. The van der Waals surface area contributed by atoms with Crippen LogP contribution in [0.25, 0.3) is 0 Å². The van der Waals surface area contributed by atoms with Crippen molar-refractivity contribution in [2.24, 2.45) is 17.3 Å². The van der Waals surface area contributed by atoms with E-state index in [1.165, 1.54) is 0 Å². The van der Waals surface area contributed by atoms with Crippen molar-refractivity contribution in [1.29, 1.82) is 0 Å². The fraction of sp³-hybridized carbons (Fsp3) is 0.875. The van der Waals surface area contributed by atoms with Crippen molar-refractivity contribution in [2.75, 3.05) is 6.54 Å². The Bertz CT molecular complexity index is 371. The van der Waals surface area contributed by atoms with Gasteiger partial charge in [0.15, 0.2) is 0 Å². The molecule has 1 saturated heterocycles. The third kappa shape index (κ3) is 3.53. The lowest BCUT2D eigenvalue weighted by molar-refractivity contribution is -0.155. The van der Waals surface area contributed by atoms with Crippen LogP contribution in [-0.2, 0) is 9.59 Å². The summed E-state index contributed by atoms with van der Waals surface area (Å²) in [5.41, 5.74) is -0.262. The zero-order valence-corrected chi connectivity index (χ0v) is 14.0. The standard InChI is InChI=1S/C16H30N2O2/c1-8-11(4)12-14(19)17-13(16(5,6)7)15(20)18(12)9-10(2)3/h10-13H,8-9H2,1-7H3,(H,17,19). The highest BCUT2D eigenvalue weighted by Crippen LogP contribution is 2.28. The third-order valence-corrected chi connectivity index (χ3v) is 4.03. The van der Waals surface area contributed by atoms with E-state index >= 15 is 0 Å². The first kappa shape index (κ1) is 17.0. The van der Waals surface area contributed by atoms with Crippen LogP contribution in [0.15, 0.2) is 0 Å². The minimum Gasteiger partial charge on any atom is -0.342 e. The van der Waals surface area contributed by atoms with E-state index in [-0.39, 0.29) is 29.2 Å². The molecule has 0 aromatic rings. The number of carbonyl (C=O) groups is 2. The summed E-state index contributed by atoms with van der Waals surface area (Å²) in [6.45, 7) is 14.9. The van der Waals surface area contributed by atoms with Crippen molar-refractivity contribution in [3.8, 4) is 0 Å². The summed E-state index contributed by atoms with van der Waals surface area (Å²) < 4.78 is 0. The molecule has 1 heterocycles. The van der Waals surface area contributed by atoms with Gasteiger partial charge >= 0.3 is 0 Å². The Hall–Kier alpha value is -1.06. The predicted molar refractivity (Wildman–Crippen MR) is 81.2 cm³/mol. The molecule has 116 valence electrons. The predicted octanol–water partition coefficient (Wildman–Crippen LogP) is 2.43. The van der Waals surface area contributed by atoms with Crippen LogP contribution in [0.5, 0.6) is 0 Å². The zero-order chi connectivity index (χ0) is 15.7. The molecule has 0 aromatic heterocycles. The molecule has 1 N–H and O–H groups in total. The summed E-state index contributed by atoms with van der Waals surface area (Å²) in [5.74, 6) is 0.603. The zero-order valence-electron chi connectivity index (χ0n) is 14.0. The molecule has 1 aliphatic rings. The molecule has 0 radical (unpaired) electrons. The van der Waals surface area contributed by atoms with Crippen LogP contribution in [0, 0.1) is 17.3 Å². The van der Waals surface area contributed by atoms with Gasteiger partial charge in [-0.1, -0.05) is 54.9 Å². The first-order chi connectivity index (χ1) is 9.09. The van der Waals surface area contributed by atoms with E-state index in [0.29, 0.717) is 12.5 Å². The number of rotatable bonds is 4. The SMILES string of the molecule is CCC(C)C1C(=O)NC(C(C)(C)C)C(=O)N1CC(C)C. The molecule has 20 heavy (non-hydrogen) atoms. The lowest BCUT2D eigenvalue weighted by Crippen LogP contribution is -2.68. The number of amides is 2. The fourth-order valence-corrected chi connectivity index (χ4v) is 2.71. The highest BCUT2D eigenvalue weighted by atomic mass is 16.2. The van der Waals surface area contributed by atoms with Crippen LogP contribution in [-0.4, -0.2) is 35.3 Å². The molecule has 0 aliphatic carbocycles. The summed E-state index contributed by atoms with van der Waals surface area (Å²) in [7, 11) is 0. The molecular weight excluding hydrogens is 252 g/mol. The Labute approximate surface area is 123 Å². The molecule has 3 atom stereocenters. The van der Waals surface area contributed by atoms with Crippen LogP contribution >= 0.6 is 0 Å². The van der Waals surface area contributed by atoms with Crippen LogP contribution < -0.4 is 5.32 Å². The number of piperazine rings is 1. The van der Waals surface area contributed by atoms with Gasteiger partial charge in [0.05, 0.1) is 0 Å². The van der Waals surface area contributed by atoms with Gasteiger partial charge < -0.3 is 10.2 Å². The molecule has 4 nitrogen and oxygen atoms in total. The van der Waals surface area contributed by atoms with Gasteiger partial charge in [-0.3, -0.25) is 9.59 Å². The maximum atomic E-state index is 12.8. The van der Waals surface area contributed by atoms with Gasteiger partial charge in [0.25, 0.3) is 0 Å². The largest absolute Gasteiger partial charge is 0.342 e. The van der Waals surface area contributed by atoms with E-state index in [0.717, 1.165) is 6.42 Å². The van der Waals surface area contributed by atoms with Gasteiger partial charge in [0, 0.05) is 6.54 Å². The van der Waals surface area contributed by atoms with E-state index in [1.54, 1.807) is 0 Å². The molecule has 0 spiro atoms. The third-order valence-electron chi connectivity index (χ3n) is 4.03. The van der Waals surface area contributed by atoms with Gasteiger partial charge in [-0.2, -0.15) is 0 Å². The van der Waals surface area contributed by atoms with E-state index in [9.17, 15) is 9.59 Å². The maximum Gasteiger partial charge on any atom is 0.246 e. The first-order valence-corrected chi connectivity index (χ1v) is 7.70. The average Bonchev–Trinajstić information content (AvgIpc) is 2.30. The molecule has 3 unspecified atom stereocenters. The minimum atomic E-state index is -0.422. The number of hydrogen-bond acceptors (Lipinski definition) is 2. The molecule has 2 amide bonds. The van der Waals surface area contributed by atoms with Gasteiger partial charge in [0.1, 0.15) is 12.1 Å². The normalized spacial score (nSPS) is 25.9. The molecule has 0 saturated carbocycles. The average molecular weight is 282 g/mol. The van der Waals surface area contributed by atoms with Gasteiger partial charge in [-0.05, 0) is 17.3 Å². The fourth-order valence-electron chi connectivity index (χ4n) is 2.71. The van der Waals surface area contributed by atoms with Crippen molar-refractivity contribution in [1.82, 2.24) is 10.2 Å². The molecule has 1 rings (SSSR count). The molecule has 0 aromatic carbocycles. The molecule has 4 heteroatoms. The summed E-state index contributed by atoms with van der Waals surface area (Å²) >= 11 is 0. The van der Waals surface area contributed by atoms with E-state index in [4.69, 9.17) is 0 Å². The summed E-state index contributed by atoms with van der Waals surface area (Å²) in [4.78, 5) is 27.1. The van der Waals surface area contributed by atoms with E-state index in [2.05, 4.69) is 26.1 Å². The molecule has 0 bridgehead atoms. The highest BCUT2D eigenvalue weighted by Gasteiger charge is 2.46. The Morgan fingerprint density at radius 1 is 1.20 bits per heavy atom. The highest BCUT2D eigenvalue weighted by molar-refractivity contribution is 5.97. The Morgan fingerprint density at radius 3 is 2.15 bits per heavy atom. The van der Waals surface area contributed by atoms with Crippen molar-refractivity contribution < 1.29 is 9.59 Å². The Kier molecular flexibility index (Phi) is 5.22. The summed E-state index contributed by atoms with van der Waals surface area (Å²) in [6.07, 6.45) is 0.889. The van der Waals surface area contributed by atoms with E-state index < -0.39 is 6.04 Å². The number of carbonyl (C=O) groups excluding carboxylic acids is 2. The van der Waals surface area contributed by atoms with Crippen LogP contribution in [0.2, 0.25) is 0 Å². The second-order valence-electron chi connectivity index (χ2n) is 7.52. The summed E-state index contributed by atoms with van der Waals surface area (Å²) in [5, 5.41) is 2.94. The lowest BCUT2D eigenvalue weighted by Gasteiger charge is -2.45. The van der Waals surface area contributed by atoms with Crippen LogP contribution in [0.3, 0.4) is 0 Å². The van der Waals surface area contributed by atoms with Gasteiger partial charge in [0.2, 0.25) is 11.8 Å². The lowest BCUT2D eigenvalue weighted by atomic mass is 9.82. The van der Waals surface area contributed by atoms with Crippen molar-refractivity contribution >= 4 is 11.8 Å². The van der Waals surface area contributed by atoms with Gasteiger partial charge in [-0.15, -0.1) is 0 Å². The Balaban J connectivity index is 3.11. The van der Waals surface area contributed by atoms with E-state index in [1.807, 2.05) is 32.6 Å². The van der Waals surface area contributed by atoms with Crippen molar-refractivity contribution in [3.05, 3.63) is 0 Å². The van der Waals surface area contributed by atoms with Crippen LogP contribution in [0.4, 0.5) is 0 Å². The van der Waals surface area contributed by atoms with Crippen molar-refractivity contribution in [2.45, 2.75) is 67.0 Å². The number of nitrogens with zero attached hydrogens (tertiary/aromatic N) is 1. The quantitative estimate of drug-likeness (QED) is 0.861. The van der Waals surface area contributed by atoms with Crippen LogP contribution in [0.1, 0.15) is 54.9 Å².